The molecule has 3 heteroatoms. The first kappa shape index (κ1) is 14.3. The molecule has 1 N–H and O–H groups in total. The third-order valence-corrected chi connectivity index (χ3v) is 3.47. The van der Waals surface area contributed by atoms with Crippen molar-refractivity contribution in [2.45, 2.75) is 38.8 Å². The van der Waals surface area contributed by atoms with Gasteiger partial charge < -0.3 is 10.1 Å². The van der Waals surface area contributed by atoms with Crippen molar-refractivity contribution in [3.05, 3.63) is 29.8 Å². The summed E-state index contributed by atoms with van der Waals surface area (Å²) in [7, 11) is 1.69. The smallest absolute Gasteiger partial charge is 0.119 e. The van der Waals surface area contributed by atoms with Gasteiger partial charge in [0.05, 0.1) is 7.11 Å². The lowest BCUT2D eigenvalue weighted by Crippen LogP contribution is -2.41. The van der Waals surface area contributed by atoms with Gasteiger partial charge in [0.25, 0.3) is 0 Å². The second kappa shape index (κ2) is 6.87. The molecule has 0 spiro atoms. The minimum atomic E-state index is 0.116. The number of hydrogen-bond acceptors (Lipinski definition) is 2. The van der Waals surface area contributed by atoms with Crippen molar-refractivity contribution in [2.75, 3.05) is 13.0 Å². The minimum Gasteiger partial charge on any atom is -0.497 e. The fourth-order valence-corrected chi connectivity index (χ4v) is 2.11. The third-order valence-electron chi connectivity index (χ3n) is 3.28. The molecular formula is C14H22ClNO. The maximum absolute atomic E-state index is 5.83. The number of benzene rings is 1. The Morgan fingerprint density at radius 1 is 1.41 bits per heavy atom. The number of nitrogens with one attached hydrogen (secondary N) is 1. The van der Waals surface area contributed by atoms with Crippen molar-refractivity contribution in [1.82, 2.24) is 5.32 Å². The molecular weight excluding hydrogens is 234 g/mol. The highest BCUT2D eigenvalue weighted by atomic mass is 35.5. The Balaban J connectivity index is 2.59. The summed E-state index contributed by atoms with van der Waals surface area (Å²) in [6, 6.07) is 8.14. The zero-order chi connectivity index (χ0) is 12.7. The first-order chi connectivity index (χ1) is 8.13. The Bertz CT molecular complexity index is 343. The molecule has 1 atom stereocenters. The Hall–Kier alpha value is -0.730. The van der Waals surface area contributed by atoms with E-state index in [1.165, 1.54) is 5.56 Å². The second-order valence-electron chi connectivity index (χ2n) is 4.56. The molecule has 96 valence electrons. The topological polar surface area (TPSA) is 21.3 Å². The highest BCUT2D eigenvalue weighted by Gasteiger charge is 2.20. The molecule has 0 bridgehead atoms. The van der Waals surface area contributed by atoms with Crippen LogP contribution >= 0.6 is 11.6 Å². The minimum absolute atomic E-state index is 0.116. The number of alkyl halides is 1. The van der Waals surface area contributed by atoms with Crippen molar-refractivity contribution in [3.63, 3.8) is 0 Å². The molecule has 0 aromatic heterocycles. The lowest BCUT2D eigenvalue weighted by atomic mass is 9.95. The predicted octanol–water partition coefficient (Wildman–Crippen LogP) is 3.58. The van der Waals surface area contributed by atoms with Gasteiger partial charge in [-0.2, -0.15) is 0 Å². The van der Waals surface area contributed by atoms with Gasteiger partial charge in [-0.15, -0.1) is 11.6 Å². The summed E-state index contributed by atoms with van der Waals surface area (Å²) in [6.07, 6.45) is 2.05. The molecule has 0 aliphatic carbocycles. The van der Waals surface area contributed by atoms with Crippen LogP contribution in [0.5, 0.6) is 5.75 Å². The van der Waals surface area contributed by atoms with Crippen molar-refractivity contribution in [3.8, 4) is 5.75 Å². The van der Waals surface area contributed by atoms with Gasteiger partial charge in [-0.25, -0.2) is 0 Å². The molecule has 1 aromatic rings. The summed E-state index contributed by atoms with van der Waals surface area (Å²) in [6.45, 7) is 5.25. The summed E-state index contributed by atoms with van der Waals surface area (Å²) in [4.78, 5) is 0. The molecule has 0 amide bonds. The molecule has 1 rings (SSSR count). The molecule has 0 heterocycles. The maximum Gasteiger partial charge on any atom is 0.119 e. The van der Waals surface area contributed by atoms with Gasteiger partial charge in [0.1, 0.15) is 5.75 Å². The fraction of sp³-hybridized carbons (Fsp3) is 0.571. The molecule has 0 aliphatic rings. The Morgan fingerprint density at radius 3 is 2.76 bits per heavy atom. The van der Waals surface area contributed by atoms with Crippen LogP contribution < -0.4 is 10.1 Å². The van der Waals surface area contributed by atoms with E-state index in [-0.39, 0.29) is 5.54 Å². The van der Waals surface area contributed by atoms with Gasteiger partial charge in [-0.3, -0.25) is 0 Å². The van der Waals surface area contributed by atoms with E-state index in [4.69, 9.17) is 16.3 Å². The van der Waals surface area contributed by atoms with E-state index in [1.807, 2.05) is 12.1 Å². The van der Waals surface area contributed by atoms with Crippen LogP contribution in [-0.2, 0) is 6.54 Å². The predicted molar refractivity (Wildman–Crippen MR) is 73.9 cm³/mol. The zero-order valence-corrected chi connectivity index (χ0v) is 11.7. The fourth-order valence-electron chi connectivity index (χ4n) is 1.70. The summed E-state index contributed by atoms with van der Waals surface area (Å²) in [5.41, 5.74) is 1.35. The van der Waals surface area contributed by atoms with Crippen molar-refractivity contribution >= 4 is 11.6 Å². The molecule has 0 saturated carbocycles. The summed E-state index contributed by atoms with van der Waals surface area (Å²) in [5, 5.41) is 3.57. The van der Waals surface area contributed by atoms with Gasteiger partial charge in [0.2, 0.25) is 0 Å². The quantitative estimate of drug-likeness (QED) is 0.752. The molecule has 1 unspecified atom stereocenters. The van der Waals surface area contributed by atoms with E-state index in [0.29, 0.717) is 5.88 Å². The third kappa shape index (κ3) is 4.57. The van der Waals surface area contributed by atoms with E-state index in [2.05, 4.69) is 31.3 Å². The van der Waals surface area contributed by atoms with E-state index in [0.717, 1.165) is 25.1 Å². The maximum atomic E-state index is 5.83. The standard InChI is InChI=1S/C14H22ClNO/c1-4-14(2,8-9-15)16-11-12-6-5-7-13(10-12)17-3/h5-7,10,16H,4,8-9,11H2,1-3H3. The van der Waals surface area contributed by atoms with Crippen molar-refractivity contribution in [1.29, 1.82) is 0 Å². The molecule has 0 fully saturated rings. The number of rotatable bonds is 7. The summed E-state index contributed by atoms with van der Waals surface area (Å²) in [5.74, 6) is 1.59. The van der Waals surface area contributed by atoms with Crippen molar-refractivity contribution < 1.29 is 4.74 Å². The van der Waals surface area contributed by atoms with Crippen molar-refractivity contribution in [2.24, 2.45) is 0 Å². The van der Waals surface area contributed by atoms with Gasteiger partial charge in [-0.05, 0) is 37.5 Å². The second-order valence-corrected chi connectivity index (χ2v) is 4.94. The summed E-state index contributed by atoms with van der Waals surface area (Å²) < 4.78 is 5.21. The van der Waals surface area contributed by atoms with Gasteiger partial charge in [0, 0.05) is 18.0 Å². The van der Waals surface area contributed by atoms with Crippen LogP contribution in [0, 0.1) is 0 Å². The number of methoxy groups -OCH3 is 1. The van der Waals surface area contributed by atoms with Crippen LogP contribution in [-0.4, -0.2) is 18.5 Å². The van der Waals surface area contributed by atoms with Crippen LogP contribution in [0.4, 0.5) is 0 Å². The first-order valence-electron chi connectivity index (χ1n) is 6.07. The van der Waals surface area contributed by atoms with E-state index < -0.39 is 0 Å². The number of hydrogen-bond donors (Lipinski definition) is 1. The van der Waals surface area contributed by atoms with E-state index in [1.54, 1.807) is 7.11 Å². The number of halogens is 1. The first-order valence-corrected chi connectivity index (χ1v) is 6.61. The molecule has 0 saturated heterocycles. The Labute approximate surface area is 109 Å². The molecule has 17 heavy (non-hydrogen) atoms. The van der Waals surface area contributed by atoms with E-state index >= 15 is 0 Å². The van der Waals surface area contributed by atoms with Crippen LogP contribution in [0.3, 0.4) is 0 Å². The average molecular weight is 256 g/mol. The van der Waals surface area contributed by atoms with Gasteiger partial charge in [-0.1, -0.05) is 19.1 Å². The summed E-state index contributed by atoms with van der Waals surface area (Å²) >= 11 is 5.83. The van der Waals surface area contributed by atoms with Gasteiger partial charge in [0.15, 0.2) is 0 Å². The largest absolute Gasteiger partial charge is 0.497 e. The molecule has 0 radical (unpaired) electrons. The molecule has 0 aliphatic heterocycles. The number of ether oxygens (including phenoxy) is 1. The van der Waals surface area contributed by atoms with Crippen LogP contribution in [0.25, 0.3) is 0 Å². The lowest BCUT2D eigenvalue weighted by Gasteiger charge is -2.29. The van der Waals surface area contributed by atoms with Crippen LogP contribution in [0.1, 0.15) is 32.3 Å². The average Bonchev–Trinajstić information content (AvgIpc) is 2.37. The zero-order valence-electron chi connectivity index (χ0n) is 10.9. The highest BCUT2D eigenvalue weighted by molar-refractivity contribution is 6.17. The lowest BCUT2D eigenvalue weighted by molar-refractivity contribution is 0.330. The Kier molecular flexibility index (Phi) is 5.79. The molecule has 2 nitrogen and oxygen atoms in total. The van der Waals surface area contributed by atoms with Crippen LogP contribution in [0.15, 0.2) is 24.3 Å². The molecule has 1 aromatic carbocycles. The normalized spacial score (nSPS) is 14.4. The highest BCUT2D eigenvalue weighted by Crippen LogP contribution is 2.18. The SMILES string of the molecule is CCC(C)(CCCl)NCc1cccc(OC)c1. The van der Waals surface area contributed by atoms with E-state index in [9.17, 15) is 0 Å². The monoisotopic (exact) mass is 255 g/mol. The Morgan fingerprint density at radius 2 is 2.18 bits per heavy atom. The van der Waals surface area contributed by atoms with Crippen LogP contribution in [0.2, 0.25) is 0 Å². The van der Waals surface area contributed by atoms with Gasteiger partial charge >= 0.3 is 0 Å².